The van der Waals surface area contributed by atoms with Gasteiger partial charge in [0.05, 0.1) is 6.04 Å². The number of hydrogen-bond acceptors (Lipinski definition) is 5. The fourth-order valence-electron chi connectivity index (χ4n) is 4.46. The summed E-state index contributed by atoms with van der Waals surface area (Å²) in [5.74, 6) is -0.196. The Balaban J connectivity index is 1.30. The van der Waals surface area contributed by atoms with Gasteiger partial charge >= 0.3 is 11.8 Å². The first-order valence-electron chi connectivity index (χ1n) is 10.9. The van der Waals surface area contributed by atoms with Crippen molar-refractivity contribution in [3.63, 3.8) is 0 Å². The Morgan fingerprint density at radius 3 is 2.56 bits per heavy atom. The molecule has 2 heterocycles. The lowest BCUT2D eigenvalue weighted by molar-refractivity contribution is -0.136. The molecule has 1 atom stereocenters. The predicted octanol–water partition coefficient (Wildman–Crippen LogP) is 3.46. The molecule has 32 heavy (non-hydrogen) atoms. The Kier molecular flexibility index (Phi) is 5.64. The molecule has 0 bridgehead atoms. The fourth-order valence-corrected chi connectivity index (χ4v) is 4.46. The minimum absolute atomic E-state index is 0.00546. The molecule has 2 N–H and O–H groups in total. The van der Waals surface area contributed by atoms with E-state index in [9.17, 15) is 9.59 Å². The standard InChI is InChI=1S/C25H25N3O4/c29-24(25(30)27-18-10-11-22-23(14-18)32-16-31-22)26-15-21(28-12-3-4-13-28)20-9-5-7-17-6-1-2-8-19(17)20/h1-2,5-11,14,21H,3-4,12-13,15-16H2,(H,26,29)(H,27,30). The highest BCUT2D eigenvalue weighted by Crippen LogP contribution is 2.34. The van der Waals surface area contributed by atoms with Gasteiger partial charge in [0.15, 0.2) is 11.5 Å². The summed E-state index contributed by atoms with van der Waals surface area (Å²) in [6.45, 7) is 2.47. The Morgan fingerprint density at radius 1 is 0.906 bits per heavy atom. The number of carbonyl (C=O) groups is 2. The summed E-state index contributed by atoms with van der Waals surface area (Å²) in [4.78, 5) is 27.5. The van der Waals surface area contributed by atoms with Crippen LogP contribution >= 0.6 is 0 Å². The summed E-state index contributed by atoms with van der Waals surface area (Å²) >= 11 is 0. The number of ether oxygens (including phenoxy) is 2. The molecule has 5 rings (SSSR count). The lowest BCUT2D eigenvalue weighted by Crippen LogP contribution is -2.41. The van der Waals surface area contributed by atoms with Crippen molar-refractivity contribution in [2.75, 3.05) is 31.7 Å². The van der Waals surface area contributed by atoms with Crippen LogP contribution in [0.15, 0.2) is 60.7 Å². The van der Waals surface area contributed by atoms with Crippen LogP contribution in [0.1, 0.15) is 24.4 Å². The largest absolute Gasteiger partial charge is 0.454 e. The first-order chi connectivity index (χ1) is 15.7. The van der Waals surface area contributed by atoms with Crippen molar-refractivity contribution in [1.82, 2.24) is 10.2 Å². The van der Waals surface area contributed by atoms with Crippen LogP contribution in [0.4, 0.5) is 5.69 Å². The van der Waals surface area contributed by atoms with Crippen LogP contribution in [0.25, 0.3) is 10.8 Å². The number of rotatable bonds is 5. The number of nitrogens with one attached hydrogen (secondary N) is 2. The molecular formula is C25H25N3O4. The second-order valence-electron chi connectivity index (χ2n) is 8.06. The fraction of sp³-hybridized carbons (Fsp3) is 0.280. The van der Waals surface area contributed by atoms with Crippen molar-refractivity contribution in [1.29, 1.82) is 0 Å². The molecule has 0 aliphatic carbocycles. The zero-order valence-electron chi connectivity index (χ0n) is 17.7. The maximum Gasteiger partial charge on any atom is 0.313 e. The van der Waals surface area contributed by atoms with E-state index in [0.717, 1.165) is 25.9 Å². The summed E-state index contributed by atoms with van der Waals surface area (Å²) in [7, 11) is 0. The molecule has 2 aliphatic rings. The van der Waals surface area contributed by atoms with E-state index in [-0.39, 0.29) is 12.8 Å². The van der Waals surface area contributed by atoms with Crippen molar-refractivity contribution in [2.45, 2.75) is 18.9 Å². The number of nitrogens with zero attached hydrogens (tertiary/aromatic N) is 1. The average molecular weight is 431 g/mol. The number of hydrogen-bond donors (Lipinski definition) is 2. The topological polar surface area (TPSA) is 79.9 Å². The van der Waals surface area contributed by atoms with E-state index >= 15 is 0 Å². The van der Waals surface area contributed by atoms with Gasteiger partial charge in [-0.05, 0) is 54.4 Å². The highest BCUT2D eigenvalue weighted by atomic mass is 16.7. The van der Waals surface area contributed by atoms with E-state index in [4.69, 9.17) is 9.47 Å². The Labute approximate surface area is 186 Å². The second kappa shape index (κ2) is 8.88. The third-order valence-corrected chi connectivity index (χ3v) is 6.06. The van der Waals surface area contributed by atoms with Crippen molar-refractivity contribution < 1.29 is 19.1 Å². The Bertz CT molecular complexity index is 1150. The van der Waals surface area contributed by atoms with Crippen molar-refractivity contribution in [3.05, 3.63) is 66.2 Å². The van der Waals surface area contributed by atoms with Gasteiger partial charge in [-0.3, -0.25) is 14.5 Å². The summed E-state index contributed by atoms with van der Waals surface area (Å²) in [6, 6.07) is 19.6. The van der Waals surface area contributed by atoms with E-state index in [2.05, 4.69) is 45.9 Å². The van der Waals surface area contributed by atoms with Gasteiger partial charge in [0.2, 0.25) is 6.79 Å². The quantitative estimate of drug-likeness (QED) is 0.605. The highest BCUT2D eigenvalue weighted by molar-refractivity contribution is 6.39. The molecule has 2 aliphatic heterocycles. The van der Waals surface area contributed by atoms with Crippen LogP contribution in [0.3, 0.4) is 0 Å². The Morgan fingerprint density at radius 2 is 1.69 bits per heavy atom. The molecule has 7 nitrogen and oxygen atoms in total. The highest BCUT2D eigenvalue weighted by Gasteiger charge is 2.26. The van der Waals surface area contributed by atoms with E-state index in [1.54, 1.807) is 18.2 Å². The van der Waals surface area contributed by atoms with Gasteiger partial charge in [-0.1, -0.05) is 42.5 Å². The monoisotopic (exact) mass is 431 g/mol. The third kappa shape index (κ3) is 4.11. The van der Waals surface area contributed by atoms with Gasteiger partial charge in [0.1, 0.15) is 0 Å². The molecule has 2 amide bonds. The van der Waals surface area contributed by atoms with Gasteiger partial charge in [0, 0.05) is 18.3 Å². The van der Waals surface area contributed by atoms with Gasteiger partial charge in [-0.2, -0.15) is 0 Å². The summed E-state index contributed by atoms with van der Waals surface area (Å²) in [6.07, 6.45) is 2.28. The first kappa shape index (κ1) is 20.3. The molecule has 3 aromatic carbocycles. The minimum Gasteiger partial charge on any atom is -0.454 e. The summed E-state index contributed by atoms with van der Waals surface area (Å²) < 4.78 is 10.6. The molecule has 0 radical (unpaired) electrons. The number of amides is 2. The lowest BCUT2D eigenvalue weighted by Gasteiger charge is -2.29. The van der Waals surface area contributed by atoms with Gasteiger partial charge in [-0.25, -0.2) is 0 Å². The van der Waals surface area contributed by atoms with Crippen molar-refractivity contribution in [2.24, 2.45) is 0 Å². The smallest absolute Gasteiger partial charge is 0.313 e. The molecule has 1 fully saturated rings. The lowest BCUT2D eigenvalue weighted by atomic mass is 9.97. The second-order valence-corrected chi connectivity index (χ2v) is 8.06. The van der Waals surface area contributed by atoms with Crippen LogP contribution in [0, 0.1) is 0 Å². The van der Waals surface area contributed by atoms with Gasteiger partial charge in [-0.15, -0.1) is 0 Å². The van der Waals surface area contributed by atoms with Gasteiger partial charge in [0.25, 0.3) is 0 Å². The van der Waals surface area contributed by atoms with Crippen molar-refractivity contribution >= 4 is 28.3 Å². The maximum atomic E-state index is 12.6. The number of carbonyl (C=O) groups excluding carboxylic acids is 2. The van der Waals surface area contributed by atoms with Gasteiger partial charge < -0.3 is 20.1 Å². The van der Waals surface area contributed by atoms with E-state index in [1.807, 2.05) is 12.1 Å². The summed E-state index contributed by atoms with van der Waals surface area (Å²) in [5.41, 5.74) is 1.65. The molecule has 7 heteroatoms. The maximum absolute atomic E-state index is 12.6. The van der Waals surface area contributed by atoms with E-state index < -0.39 is 11.8 Å². The van der Waals surface area contributed by atoms with Crippen LogP contribution in [0.2, 0.25) is 0 Å². The first-order valence-corrected chi connectivity index (χ1v) is 10.9. The van der Waals surface area contributed by atoms with Crippen LogP contribution in [0.5, 0.6) is 11.5 Å². The molecule has 0 saturated carbocycles. The van der Waals surface area contributed by atoms with Crippen LogP contribution < -0.4 is 20.1 Å². The van der Waals surface area contributed by atoms with Crippen LogP contribution in [-0.2, 0) is 9.59 Å². The number of fused-ring (bicyclic) bond motifs is 2. The zero-order chi connectivity index (χ0) is 21.9. The van der Waals surface area contributed by atoms with E-state index in [1.165, 1.54) is 16.3 Å². The SMILES string of the molecule is O=C(NCC(c1cccc2ccccc12)N1CCCC1)C(=O)Nc1ccc2c(c1)OCO2. The third-order valence-electron chi connectivity index (χ3n) is 6.06. The molecule has 164 valence electrons. The minimum atomic E-state index is -0.707. The normalized spacial score (nSPS) is 16.1. The molecule has 0 aromatic heterocycles. The Hall–Kier alpha value is -3.58. The van der Waals surface area contributed by atoms with E-state index in [0.29, 0.717) is 23.7 Å². The average Bonchev–Trinajstić information content (AvgIpc) is 3.51. The number of likely N-dealkylation sites (tertiary alicyclic amines) is 1. The predicted molar refractivity (Wildman–Crippen MR) is 122 cm³/mol. The zero-order valence-corrected chi connectivity index (χ0v) is 17.7. The molecule has 1 unspecified atom stereocenters. The molecular weight excluding hydrogens is 406 g/mol. The molecule has 3 aromatic rings. The summed E-state index contributed by atoms with van der Waals surface area (Å²) in [5, 5.41) is 7.82. The number of benzene rings is 3. The van der Waals surface area contributed by atoms with Crippen molar-refractivity contribution in [3.8, 4) is 11.5 Å². The molecule has 0 spiro atoms. The van der Waals surface area contributed by atoms with Crippen LogP contribution in [-0.4, -0.2) is 43.1 Å². The number of anilines is 1. The molecule has 1 saturated heterocycles.